The van der Waals surface area contributed by atoms with Crippen molar-refractivity contribution in [3.05, 3.63) is 98.8 Å². The molecular formula is C36H42N6O3S2. The zero-order chi connectivity index (χ0) is 33.5. The number of hydrogen-bond donors (Lipinski definition) is 0. The minimum absolute atomic E-state index is 0.0686. The number of aromatic nitrogens is 5. The number of nitrogens with zero attached hydrogens (tertiary/aromatic N) is 6. The van der Waals surface area contributed by atoms with Gasteiger partial charge in [0, 0.05) is 48.1 Å². The molecule has 4 heterocycles. The molecule has 3 aromatic heterocycles. The number of pyridine rings is 1. The van der Waals surface area contributed by atoms with Crippen molar-refractivity contribution < 1.29 is 13.2 Å². The fraction of sp³-hybridized carbons (Fsp3) is 0.417. The minimum Gasteiger partial charge on any atom is -0.299 e. The molecular weight excluding hydrogens is 629 g/mol. The fourth-order valence-corrected chi connectivity index (χ4v) is 9.72. The summed E-state index contributed by atoms with van der Waals surface area (Å²) in [5, 5.41) is 9.64. The molecule has 0 aliphatic carbocycles. The summed E-state index contributed by atoms with van der Waals surface area (Å²) in [6, 6.07) is 15.2. The molecule has 9 nitrogen and oxygen atoms in total. The fourth-order valence-electron chi connectivity index (χ4n) is 6.77. The first-order chi connectivity index (χ1) is 22.4. The Labute approximate surface area is 281 Å². The van der Waals surface area contributed by atoms with Crippen molar-refractivity contribution in [1.29, 1.82) is 0 Å². The van der Waals surface area contributed by atoms with E-state index in [2.05, 4.69) is 28.3 Å². The number of ketones is 1. The van der Waals surface area contributed by atoms with Crippen molar-refractivity contribution >= 4 is 38.2 Å². The Morgan fingerprint density at radius 1 is 1.09 bits per heavy atom. The lowest BCUT2D eigenvalue weighted by atomic mass is 9.70. The number of aryl methyl sites for hydroxylation is 3. The van der Waals surface area contributed by atoms with Gasteiger partial charge in [0.2, 0.25) is 10.0 Å². The van der Waals surface area contributed by atoms with Crippen LogP contribution in [0.2, 0.25) is 0 Å². The Morgan fingerprint density at radius 2 is 1.87 bits per heavy atom. The van der Waals surface area contributed by atoms with Gasteiger partial charge in [-0.05, 0) is 73.6 Å². The Hall–Kier alpha value is -3.80. The predicted molar refractivity (Wildman–Crippen MR) is 185 cm³/mol. The van der Waals surface area contributed by atoms with Crippen LogP contribution in [0.15, 0.2) is 65.8 Å². The van der Waals surface area contributed by atoms with E-state index in [-0.39, 0.29) is 24.7 Å². The number of Topliss-reactive ketones (excluding diaryl/α,β-unsaturated/α-hetero) is 1. The third-order valence-electron chi connectivity index (χ3n) is 9.74. The number of sulfonamides is 1. The summed E-state index contributed by atoms with van der Waals surface area (Å²) in [6.07, 6.45) is 5.28. The van der Waals surface area contributed by atoms with E-state index in [9.17, 15) is 13.2 Å². The van der Waals surface area contributed by atoms with E-state index in [4.69, 9.17) is 4.98 Å². The van der Waals surface area contributed by atoms with E-state index < -0.39 is 21.4 Å². The summed E-state index contributed by atoms with van der Waals surface area (Å²) >= 11 is 1.54. The molecule has 1 aliphatic heterocycles. The molecule has 0 amide bonds. The molecule has 2 aromatic carbocycles. The Balaban J connectivity index is 1.43. The van der Waals surface area contributed by atoms with E-state index in [0.717, 1.165) is 61.7 Å². The average Bonchev–Trinajstić information content (AvgIpc) is 3.62. The number of carbonyl (C=O) groups excluding carboxylic acids is 1. The Kier molecular flexibility index (Phi) is 9.17. The SMILES string of the molecule is CC[C@H]1Cc2ccccc2S(=O)(=O)N(Cc2nc([C@@H](c3ccc4c(nnn4CC)c3C)C(C)(C)C(=O)Cc3cccnc3)sc2C)C1. The largest absolute Gasteiger partial charge is 0.299 e. The summed E-state index contributed by atoms with van der Waals surface area (Å²) in [7, 11) is -3.73. The molecule has 0 radical (unpaired) electrons. The van der Waals surface area contributed by atoms with Crippen LogP contribution in [0, 0.1) is 25.2 Å². The van der Waals surface area contributed by atoms with Gasteiger partial charge in [-0.25, -0.2) is 18.1 Å². The van der Waals surface area contributed by atoms with Crippen molar-refractivity contribution in [2.45, 2.75) is 84.7 Å². The van der Waals surface area contributed by atoms with Gasteiger partial charge in [0.25, 0.3) is 0 Å². The van der Waals surface area contributed by atoms with Gasteiger partial charge >= 0.3 is 0 Å². The standard InChI is InChI=1S/C36H42N6O3S2/c1-7-25-18-27-13-9-10-14-31(27)47(44,45)41(21-25)22-29-24(4)46-35(38-29)33(36(5,6)32(43)19-26-12-11-17-37-20-26)28-15-16-30-34(23(28)3)39-40-42(30)8-2/h9-17,20,25,33H,7-8,18-19,21-22H2,1-6H3/t25-,33+/m0/s1. The molecule has 0 bridgehead atoms. The average molecular weight is 671 g/mol. The van der Waals surface area contributed by atoms with E-state index in [1.807, 2.05) is 69.6 Å². The number of hydrogen-bond acceptors (Lipinski definition) is 8. The lowest BCUT2D eigenvalue weighted by Gasteiger charge is -2.33. The van der Waals surface area contributed by atoms with Crippen molar-refractivity contribution in [2.24, 2.45) is 11.3 Å². The number of fused-ring (bicyclic) bond motifs is 2. The van der Waals surface area contributed by atoms with Crippen LogP contribution >= 0.6 is 11.3 Å². The highest BCUT2D eigenvalue weighted by molar-refractivity contribution is 7.89. The summed E-state index contributed by atoms with van der Waals surface area (Å²) in [6.45, 7) is 13.5. The molecule has 6 rings (SSSR count). The first-order valence-corrected chi connectivity index (χ1v) is 18.5. The second-order valence-corrected chi connectivity index (χ2v) is 16.2. The quantitative estimate of drug-likeness (QED) is 0.163. The van der Waals surface area contributed by atoms with Gasteiger partial charge in [0.15, 0.2) is 0 Å². The highest BCUT2D eigenvalue weighted by atomic mass is 32.2. The molecule has 0 N–H and O–H groups in total. The van der Waals surface area contributed by atoms with Crippen LogP contribution in [0.25, 0.3) is 11.0 Å². The van der Waals surface area contributed by atoms with Crippen LogP contribution < -0.4 is 0 Å². The monoisotopic (exact) mass is 670 g/mol. The molecule has 0 saturated heterocycles. The van der Waals surface area contributed by atoms with Crippen LogP contribution in [0.5, 0.6) is 0 Å². The lowest BCUT2D eigenvalue weighted by Crippen LogP contribution is -2.34. The number of thiazole rings is 1. The van der Waals surface area contributed by atoms with E-state index in [0.29, 0.717) is 18.0 Å². The van der Waals surface area contributed by atoms with E-state index >= 15 is 0 Å². The van der Waals surface area contributed by atoms with Gasteiger partial charge in [-0.1, -0.05) is 62.7 Å². The molecule has 0 unspecified atom stereocenters. The highest BCUT2D eigenvalue weighted by Gasteiger charge is 2.42. The van der Waals surface area contributed by atoms with Gasteiger partial charge in [0.05, 0.1) is 22.7 Å². The first kappa shape index (κ1) is 33.1. The molecule has 0 fully saturated rings. The maximum Gasteiger partial charge on any atom is 0.243 e. The Morgan fingerprint density at radius 3 is 2.60 bits per heavy atom. The third-order valence-corrected chi connectivity index (χ3v) is 12.7. The van der Waals surface area contributed by atoms with Gasteiger partial charge in [-0.2, -0.15) is 4.31 Å². The smallest absolute Gasteiger partial charge is 0.243 e. The van der Waals surface area contributed by atoms with Crippen molar-refractivity contribution in [3.8, 4) is 0 Å². The zero-order valence-electron chi connectivity index (χ0n) is 27.9. The normalized spacial score (nSPS) is 17.4. The van der Waals surface area contributed by atoms with Crippen molar-refractivity contribution in [1.82, 2.24) is 29.3 Å². The minimum atomic E-state index is -3.73. The molecule has 1 aliphatic rings. The molecule has 0 spiro atoms. The van der Waals surface area contributed by atoms with Gasteiger partial charge < -0.3 is 0 Å². The van der Waals surface area contributed by atoms with Crippen LogP contribution in [0.1, 0.15) is 77.9 Å². The highest BCUT2D eigenvalue weighted by Crippen LogP contribution is 2.46. The summed E-state index contributed by atoms with van der Waals surface area (Å²) in [5.41, 5.74) is 5.26. The second-order valence-electron chi connectivity index (χ2n) is 13.1. The van der Waals surface area contributed by atoms with Crippen LogP contribution in [0.3, 0.4) is 0 Å². The van der Waals surface area contributed by atoms with Gasteiger partial charge in [-0.15, -0.1) is 16.4 Å². The summed E-state index contributed by atoms with van der Waals surface area (Å²) in [5.74, 6) is -0.126. The van der Waals surface area contributed by atoms with Crippen molar-refractivity contribution in [3.63, 3.8) is 0 Å². The van der Waals surface area contributed by atoms with Gasteiger partial charge in [0.1, 0.15) is 16.3 Å². The number of carbonyl (C=O) groups is 1. The van der Waals surface area contributed by atoms with Gasteiger partial charge in [-0.3, -0.25) is 9.78 Å². The second kappa shape index (κ2) is 13.0. The van der Waals surface area contributed by atoms with Crippen LogP contribution in [-0.2, 0) is 40.7 Å². The van der Waals surface area contributed by atoms with E-state index in [1.165, 1.54) is 11.3 Å². The van der Waals surface area contributed by atoms with Crippen molar-refractivity contribution in [2.75, 3.05) is 6.54 Å². The van der Waals surface area contributed by atoms with Crippen LogP contribution in [0.4, 0.5) is 0 Å². The molecule has 246 valence electrons. The number of benzene rings is 2. The third kappa shape index (κ3) is 6.16. The zero-order valence-corrected chi connectivity index (χ0v) is 29.5. The van der Waals surface area contributed by atoms with E-state index in [1.54, 1.807) is 28.8 Å². The topological polar surface area (TPSA) is 111 Å². The molecule has 0 saturated carbocycles. The summed E-state index contributed by atoms with van der Waals surface area (Å²) < 4.78 is 31.5. The maximum atomic E-state index is 14.2. The molecule has 11 heteroatoms. The first-order valence-electron chi connectivity index (χ1n) is 16.2. The number of rotatable bonds is 10. The summed E-state index contributed by atoms with van der Waals surface area (Å²) in [4.78, 5) is 24.9. The Bertz CT molecular complexity index is 2030. The molecule has 2 atom stereocenters. The predicted octanol–water partition coefficient (Wildman–Crippen LogP) is 6.66. The molecule has 47 heavy (non-hydrogen) atoms. The van der Waals surface area contributed by atoms with Crippen LogP contribution in [-0.4, -0.2) is 50.0 Å². The maximum absolute atomic E-state index is 14.2. The molecule has 5 aromatic rings. The lowest BCUT2D eigenvalue weighted by molar-refractivity contribution is -0.127.